The lowest BCUT2D eigenvalue weighted by molar-refractivity contribution is 0.0739. The first-order chi connectivity index (χ1) is 10.1. The Morgan fingerprint density at radius 3 is 1.36 bits per heavy atom. The third-order valence-electron chi connectivity index (χ3n) is 2.23. The summed E-state index contributed by atoms with van der Waals surface area (Å²) in [4.78, 5) is 23.4. The molecule has 0 aliphatic rings. The van der Waals surface area contributed by atoms with Gasteiger partial charge in [0.05, 0.1) is 11.1 Å². The van der Waals surface area contributed by atoms with Crippen molar-refractivity contribution in [2.24, 2.45) is 0 Å². The van der Waals surface area contributed by atoms with Gasteiger partial charge in [-0.25, -0.2) is 19.0 Å². The molecule has 1 rings (SSSR count). The standard InChI is InChI=1S/C10H12N2O6S4/c1-11-21(15,19)17-9(13)7-3-5-8(6-4-7)10(14)18-22(16,20)12-2/h3-6,11-12H,1-2H3. The number of hydrogen-bond donors (Lipinski definition) is 2. The molecule has 0 saturated heterocycles. The summed E-state index contributed by atoms with van der Waals surface area (Å²) < 4.78 is 36.4. The summed E-state index contributed by atoms with van der Waals surface area (Å²) in [5.74, 6) is -1.84. The van der Waals surface area contributed by atoms with Crippen molar-refractivity contribution in [3.63, 3.8) is 0 Å². The fourth-order valence-corrected chi connectivity index (χ4v) is 2.25. The highest BCUT2D eigenvalue weighted by molar-refractivity contribution is 8.29. The van der Waals surface area contributed by atoms with Crippen LogP contribution in [0.4, 0.5) is 0 Å². The smallest absolute Gasteiger partial charge is 0.349 e. The van der Waals surface area contributed by atoms with Crippen LogP contribution in [0.3, 0.4) is 0 Å². The average molecular weight is 384 g/mol. The molecule has 0 amide bonds. The SMILES string of the molecule is CNS(=O)(=S)OC(=O)c1ccc(C(=O)OS(=O)(=S)NC)cc1. The molecule has 2 unspecified atom stereocenters. The van der Waals surface area contributed by atoms with Crippen LogP contribution in [0, 0.1) is 0 Å². The summed E-state index contributed by atoms with van der Waals surface area (Å²) >= 11 is 9.02. The monoisotopic (exact) mass is 384 g/mol. The summed E-state index contributed by atoms with van der Waals surface area (Å²) in [6.45, 7) is 0. The molecule has 1 aromatic carbocycles. The third-order valence-corrected chi connectivity index (χ3v) is 5.38. The highest BCUT2D eigenvalue weighted by Crippen LogP contribution is 2.09. The normalized spacial score (nSPS) is 16.1. The fraction of sp³-hybridized carbons (Fsp3) is 0.200. The summed E-state index contributed by atoms with van der Waals surface area (Å²) in [5, 5.41) is 0. The first-order valence-corrected chi connectivity index (χ1v) is 10.4. The summed E-state index contributed by atoms with van der Waals surface area (Å²) in [7, 11) is -4.10. The molecule has 0 aliphatic carbocycles. The maximum atomic E-state index is 11.7. The first kappa shape index (κ1) is 18.9. The number of nitrogens with one attached hydrogen (secondary N) is 2. The molecular weight excluding hydrogens is 372 g/mol. The van der Waals surface area contributed by atoms with Crippen LogP contribution in [-0.4, -0.2) is 34.5 Å². The number of carbonyl (C=O) groups is 2. The van der Waals surface area contributed by atoms with E-state index < -0.39 is 29.9 Å². The van der Waals surface area contributed by atoms with Crippen LogP contribution in [0.25, 0.3) is 0 Å². The minimum atomic E-state index is -3.34. The van der Waals surface area contributed by atoms with Gasteiger partial charge in [0, 0.05) is 22.4 Å². The first-order valence-electron chi connectivity index (χ1n) is 5.55. The lowest BCUT2D eigenvalue weighted by Gasteiger charge is -2.08. The molecule has 8 nitrogen and oxygen atoms in total. The zero-order chi connectivity index (χ0) is 17.0. The molecule has 22 heavy (non-hydrogen) atoms. The van der Waals surface area contributed by atoms with E-state index in [1.165, 1.54) is 38.4 Å². The largest absolute Gasteiger partial charge is 0.353 e. The molecule has 0 spiro atoms. The van der Waals surface area contributed by atoms with Crippen molar-refractivity contribution in [3.05, 3.63) is 35.4 Å². The fourth-order valence-electron chi connectivity index (χ4n) is 1.12. The Morgan fingerprint density at radius 1 is 0.864 bits per heavy atom. The maximum absolute atomic E-state index is 11.7. The van der Waals surface area contributed by atoms with Crippen molar-refractivity contribution in [2.45, 2.75) is 0 Å². The molecule has 2 N–H and O–H groups in total. The minimum Gasteiger partial charge on any atom is -0.349 e. The van der Waals surface area contributed by atoms with Gasteiger partial charge in [-0.1, -0.05) is 0 Å². The Morgan fingerprint density at radius 2 is 1.14 bits per heavy atom. The molecule has 122 valence electrons. The highest BCUT2D eigenvalue weighted by Gasteiger charge is 2.17. The van der Waals surface area contributed by atoms with Crippen molar-refractivity contribution in [3.8, 4) is 0 Å². The van der Waals surface area contributed by atoms with Gasteiger partial charge in [-0.05, 0) is 38.4 Å². The van der Waals surface area contributed by atoms with E-state index in [4.69, 9.17) is 0 Å². The number of hydrogen-bond acceptors (Lipinski definition) is 8. The minimum absolute atomic E-state index is 0.0251. The molecule has 0 bridgehead atoms. The van der Waals surface area contributed by atoms with Crippen molar-refractivity contribution in [1.82, 2.24) is 9.44 Å². The van der Waals surface area contributed by atoms with E-state index in [9.17, 15) is 18.0 Å². The van der Waals surface area contributed by atoms with Crippen LogP contribution in [0.15, 0.2) is 24.3 Å². The van der Waals surface area contributed by atoms with E-state index in [1.807, 2.05) is 0 Å². The Bertz CT molecular complexity index is 703. The van der Waals surface area contributed by atoms with Crippen LogP contribution in [0.2, 0.25) is 0 Å². The third kappa shape index (κ3) is 5.55. The quantitative estimate of drug-likeness (QED) is 0.681. The van der Waals surface area contributed by atoms with Crippen molar-refractivity contribution in [1.29, 1.82) is 0 Å². The van der Waals surface area contributed by atoms with Gasteiger partial charge in [0.25, 0.3) is 17.9 Å². The molecular formula is C10H12N2O6S4. The van der Waals surface area contributed by atoms with Crippen molar-refractivity contribution >= 4 is 52.2 Å². The lowest BCUT2D eigenvalue weighted by atomic mass is 10.1. The van der Waals surface area contributed by atoms with Crippen LogP contribution < -0.4 is 9.44 Å². The number of carbonyl (C=O) groups excluding carboxylic acids is 2. The zero-order valence-electron chi connectivity index (χ0n) is 11.4. The van der Waals surface area contributed by atoms with Gasteiger partial charge >= 0.3 is 11.9 Å². The second-order valence-corrected chi connectivity index (χ2v) is 9.23. The lowest BCUT2D eigenvalue weighted by Crippen LogP contribution is -2.24. The van der Waals surface area contributed by atoms with Gasteiger partial charge < -0.3 is 8.37 Å². The molecule has 0 fully saturated rings. The van der Waals surface area contributed by atoms with Gasteiger partial charge in [-0.15, -0.1) is 0 Å². The van der Waals surface area contributed by atoms with E-state index in [0.717, 1.165) is 0 Å². The van der Waals surface area contributed by atoms with E-state index in [-0.39, 0.29) is 11.1 Å². The van der Waals surface area contributed by atoms with E-state index in [0.29, 0.717) is 0 Å². The Kier molecular flexibility index (Phi) is 6.34. The predicted octanol–water partition coefficient (Wildman–Crippen LogP) is -0.408. The van der Waals surface area contributed by atoms with E-state index in [2.05, 4.69) is 40.2 Å². The summed E-state index contributed by atoms with van der Waals surface area (Å²) in [6, 6.07) is 4.96. The second-order valence-electron chi connectivity index (χ2n) is 3.64. The van der Waals surface area contributed by atoms with Crippen LogP contribution in [0.1, 0.15) is 20.7 Å². The van der Waals surface area contributed by atoms with Crippen LogP contribution >= 0.6 is 0 Å². The van der Waals surface area contributed by atoms with Gasteiger partial charge in [-0.2, -0.15) is 8.42 Å². The molecule has 12 heteroatoms. The number of rotatable bonds is 6. The van der Waals surface area contributed by atoms with Crippen LogP contribution in [0.5, 0.6) is 0 Å². The topological polar surface area (TPSA) is 111 Å². The molecule has 0 aromatic heterocycles. The summed E-state index contributed by atoms with van der Waals surface area (Å²) in [5.41, 5.74) is 0.0502. The molecule has 1 aromatic rings. The Balaban J connectivity index is 2.87. The molecule has 2 atom stereocenters. The predicted molar refractivity (Wildman–Crippen MR) is 86.4 cm³/mol. The second kappa shape index (κ2) is 7.39. The van der Waals surface area contributed by atoms with Gasteiger partial charge in [0.1, 0.15) is 0 Å². The van der Waals surface area contributed by atoms with E-state index >= 15 is 0 Å². The van der Waals surface area contributed by atoms with Gasteiger partial charge in [0.2, 0.25) is 0 Å². The molecule has 0 heterocycles. The van der Waals surface area contributed by atoms with Crippen molar-refractivity contribution in [2.75, 3.05) is 14.1 Å². The molecule has 0 radical (unpaired) electrons. The Hall–Kier alpha value is -1.18. The molecule has 0 saturated carbocycles. The van der Waals surface area contributed by atoms with Gasteiger partial charge in [0.15, 0.2) is 0 Å². The molecule has 0 aliphatic heterocycles. The Labute approximate surface area is 137 Å². The summed E-state index contributed by atoms with van der Waals surface area (Å²) in [6.07, 6.45) is 0. The highest BCUT2D eigenvalue weighted by atomic mass is 32.9. The average Bonchev–Trinajstić information content (AvgIpc) is 2.46. The zero-order valence-corrected chi connectivity index (χ0v) is 14.7. The van der Waals surface area contributed by atoms with Crippen molar-refractivity contribution < 1.29 is 26.4 Å². The maximum Gasteiger partial charge on any atom is 0.353 e. The van der Waals surface area contributed by atoms with Gasteiger partial charge in [-0.3, -0.25) is 0 Å². The van der Waals surface area contributed by atoms with Crippen LogP contribution in [-0.2, 0) is 48.7 Å². The van der Waals surface area contributed by atoms with E-state index in [1.54, 1.807) is 0 Å². The number of benzene rings is 1.